The SMILES string of the molecule is CN1CCC(SCC(C)(C)C)CC1=O. The Hall–Kier alpha value is -0.180. The fourth-order valence-electron chi connectivity index (χ4n) is 1.43. The van der Waals surface area contributed by atoms with Gasteiger partial charge in [-0.05, 0) is 17.6 Å². The van der Waals surface area contributed by atoms with E-state index in [9.17, 15) is 4.79 Å². The maximum atomic E-state index is 11.4. The molecule has 0 aromatic rings. The highest BCUT2D eigenvalue weighted by Crippen LogP contribution is 2.29. The van der Waals surface area contributed by atoms with E-state index in [0.717, 1.165) is 25.1 Å². The van der Waals surface area contributed by atoms with Gasteiger partial charge in [0.15, 0.2) is 0 Å². The summed E-state index contributed by atoms with van der Waals surface area (Å²) in [4.78, 5) is 13.3. The number of carbonyl (C=O) groups excluding carboxylic acids is 1. The molecule has 1 aliphatic heterocycles. The zero-order valence-electron chi connectivity index (χ0n) is 9.67. The van der Waals surface area contributed by atoms with Gasteiger partial charge in [-0.25, -0.2) is 0 Å². The van der Waals surface area contributed by atoms with Gasteiger partial charge in [-0.3, -0.25) is 4.79 Å². The quantitative estimate of drug-likeness (QED) is 0.705. The molecular weight excluding hydrogens is 194 g/mol. The first-order valence-electron chi connectivity index (χ1n) is 5.24. The number of thioether (sulfide) groups is 1. The van der Waals surface area contributed by atoms with Crippen LogP contribution in [0.2, 0.25) is 0 Å². The number of hydrogen-bond acceptors (Lipinski definition) is 2. The van der Waals surface area contributed by atoms with Crippen LogP contribution in [-0.2, 0) is 4.79 Å². The molecule has 0 aromatic heterocycles. The minimum absolute atomic E-state index is 0.308. The second-order valence-electron chi connectivity index (χ2n) is 5.30. The van der Waals surface area contributed by atoms with E-state index >= 15 is 0 Å². The van der Waals surface area contributed by atoms with Crippen molar-refractivity contribution in [2.75, 3.05) is 19.3 Å². The van der Waals surface area contributed by atoms with Gasteiger partial charge in [-0.1, -0.05) is 20.8 Å². The fourth-order valence-corrected chi connectivity index (χ4v) is 2.69. The van der Waals surface area contributed by atoms with Gasteiger partial charge in [0.2, 0.25) is 5.91 Å². The Bertz CT molecular complexity index is 210. The molecule has 0 radical (unpaired) electrons. The molecule has 82 valence electrons. The summed E-state index contributed by atoms with van der Waals surface area (Å²) in [5, 5.41) is 0.554. The first-order chi connectivity index (χ1) is 6.38. The summed E-state index contributed by atoms with van der Waals surface area (Å²) >= 11 is 1.96. The minimum atomic E-state index is 0.308. The van der Waals surface area contributed by atoms with Crippen LogP contribution in [-0.4, -0.2) is 35.4 Å². The topological polar surface area (TPSA) is 20.3 Å². The second-order valence-corrected chi connectivity index (χ2v) is 6.59. The van der Waals surface area contributed by atoms with Crippen molar-refractivity contribution >= 4 is 17.7 Å². The third-order valence-corrected chi connectivity index (χ3v) is 4.27. The van der Waals surface area contributed by atoms with Crippen LogP contribution in [0.5, 0.6) is 0 Å². The first-order valence-corrected chi connectivity index (χ1v) is 6.29. The van der Waals surface area contributed by atoms with Crippen molar-refractivity contribution in [1.29, 1.82) is 0 Å². The predicted octanol–water partition coefficient (Wildman–Crippen LogP) is 2.39. The Kier molecular flexibility index (Phi) is 3.87. The molecule has 1 atom stereocenters. The van der Waals surface area contributed by atoms with E-state index in [-0.39, 0.29) is 0 Å². The molecular formula is C11H21NOS. The number of nitrogens with zero attached hydrogens (tertiary/aromatic N) is 1. The third-order valence-electron chi connectivity index (χ3n) is 2.37. The van der Waals surface area contributed by atoms with Gasteiger partial charge in [0.1, 0.15) is 0 Å². The molecule has 0 saturated carbocycles. The molecule has 0 bridgehead atoms. The van der Waals surface area contributed by atoms with Crippen molar-refractivity contribution < 1.29 is 4.79 Å². The van der Waals surface area contributed by atoms with E-state index in [2.05, 4.69) is 20.8 Å². The summed E-state index contributed by atoms with van der Waals surface area (Å²) in [7, 11) is 1.90. The second kappa shape index (κ2) is 4.56. The summed E-state index contributed by atoms with van der Waals surface area (Å²) in [6.45, 7) is 7.67. The number of hydrogen-bond donors (Lipinski definition) is 0. The number of carbonyl (C=O) groups is 1. The van der Waals surface area contributed by atoms with Crippen molar-refractivity contribution in [3.63, 3.8) is 0 Å². The molecule has 0 N–H and O–H groups in total. The highest BCUT2D eigenvalue weighted by Gasteiger charge is 2.24. The summed E-state index contributed by atoms with van der Waals surface area (Å²) in [6.07, 6.45) is 1.89. The van der Waals surface area contributed by atoms with Crippen LogP contribution >= 0.6 is 11.8 Å². The molecule has 14 heavy (non-hydrogen) atoms. The van der Waals surface area contributed by atoms with E-state index in [1.165, 1.54) is 0 Å². The van der Waals surface area contributed by atoms with E-state index in [1.54, 1.807) is 0 Å². The highest BCUT2D eigenvalue weighted by atomic mass is 32.2. The van der Waals surface area contributed by atoms with Crippen LogP contribution in [0.15, 0.2) is 0 Å². The molecule has 1 saturated heterocycles. The average Bonchev–Trinajstić information content (AvgIpc) is 2.06. The monoisotopic (exact) mass is 215 g/mol. The van der Waals surface area contributed by atoms with Crippen molar-refractivity contribution in [3.05, 3.63) is 0 Å². The summed E-state index contributed by atoms with van der Waals surface area (Å²) < 4.78 is 0. The Morgan fingerprint density at radius 2 is 2.14 bits per heavy atom. The largest absolute Gasteiger partial charge is 0.346 e. The van der Waals surface area contributed by atoms with Crippen LogP contribution in [0.25, 0.3) is 0 Å². The number of likely N-dealkylation sites (tertiary alicyclic amines) is 1. The zero-order chi connectivity index (χ0) is 10.8. The van der Waals surface area contributed by atoms with Gasteiger partial charge >= 0.3 is 0 Å². The molecule has 0 aromatic carbocycles. The molecule has 1 rings (SSSR count). The van der Waals surface area contributed by atoms with Crippen LogP contribution in [0.4, 0.5) is 0 Å². The Morgan fingerprint density at radius 3 is 2.64 bits per heavy atom. The summed E-state index contributed by atoms with van der Waals surface area (Å²) in [6, 6.07) is 0. The van der Waals surface area contributed by atoms with Gasteiger partial charge in [0, 0.05) is 25.3 Å². The van der Waals surface area contributed by atoms with Crippen molar-refractivity contribution in [3.8, 4) is 0 Å². The van der Waals surface area contributed by atoms with Gasteiger partial charge in [0.25, 0.3) is 0 Å². The van der Waals surface area contributed by atoms with Crippen LogP contribution < -0.4 is 0 Å². The molecule has 1 aliphatic rings. The smallest absolute Gasteiger partial charge is 0.223 e. The van der Waals surface area contributed by atoms with Gasteiger partial charge in [-0.2, -0.15) is 11.8 Å². The molecule has 2 nitrogen and oxygen atoms in total. The lowest BCUT2D eigenvalue weighted by molar-refractivity contribution is -0.131. The van der Waals surface area contributed by atoms with Gasteiger partial charge < -0.3 is 4.90 Å². The normalized spacial score (nSPS) is 24.1. The van der Waals surface area contributed by atoms with E-state index in [1.807, 2.05) is 23.7 Å². The standard InChI is InChI=1S/C11H21NOS/c1-11(2,3)8-14-9-5-6-12(4)10(13)7-9/h9H,5-8H2,1-4H3. The van der Waals surface area contributed by atoms with Crippen LogP contribution in [0.3, 0.4) is 0 Å². The Labute approximate surface area is 91.4 Å². The van der Waals surface area contributed by atoms with Crippen LogP contribution in [0, 0.1) is 5.41 Å². The first kappa shape index (κ1) is 11.9. The minimum Gasteiger partial charge on any atom is -0.346 e. The van der Waals surface area contributed by atoms with E-state index in [0.29, 0.717) is 16.6 Å². The Morgan fingerprint density at radius 1 is 1.50 bits per heavy atom. The molecule has 3 heteroatoms. The molecule has 1 amide bonds. The van der Waals surface area contributed by atoms with Crippen molar-refractivity contribution in [1.82, 2.24) is 4.90 Å². The lowest BCUT2D eigenvalue weighted by Crippen LogP contribution is -2.37. The number of rotatable bonds is 2. The molecule has 0 spiro atoms. The number of amides is 1. The lowest BCUT2D eigenvalue weighted by atomic mass is 10.0. The molecule has 1 fully saturated rings. The summed E-state index contributed by atoms with van der Waals surface area (Å²) in [5.41, 5.74) is 0.372. The van der Waals surface area contributed by atoms with Crippen molar-refractivity contribution in [2.24, 2.45) is 5.41 Å². The van der Waals surface area contributed by atoms with E-state index in [4.69, 9.17) is 0 Å². The Balaban J connectivity index is 2.30. The average molecular weight is 215 g/mol. The highest BCUT2D eigenvalue weighted by molar-refractivity contribution is 7.99. The number of piperidine rings is 1. The van der Waals surface area contributed by atoms with Crippen molar-refractivity contribution in [2.45, 2.75) is 38.9 Å². The maximum absolute atomic E-state index is 11.4. The van der Waals surface area contributed by atoms with E-state index < -0.39 is 0 Å². The molecule has 0 aliphatic carbocycles. The van der Waals surface area contributed by atoms with Gasteiger partial charge in [0.05, 0.1) is 0 Å². The maximum Gasteiger partial charge on any atom is 0.223 e. The molecule has 1 unspecified atom stereocenters. The lowest BCUT2D eigenvalue weighted by Gasteiger charge is -2.30. The van der Waals surface area contributed by atoms with Gasteiger partial charge in [-0.15, -0.1) is 0 Å². The van der Waals surface area contributed by atoms with Crippen LogP contribution in [0.1, 0.15) is 33.6 Å². The third kappa shape index (κ3) is 3.91. The summed E-state index contributed by atoms with van der Waals surface area (Å²) in [5.74, 6) is 1.46. The predicted molar refractivity (Wildman–Crippen MR) is 62.6 cm³/mol. The fraction of sp³-hybridized carbons (Fsp3) is 0.909. The molecule has 1 heterocycles. The zero-order valence-corrected chi connectivity index (χ0v) is 10.5.